The van der Waals surface area contributed by atoms with Gasteiger partial charge in [0.15, 0.2) is 5.56 Å². The first-order chi connectivity index (χ1) is 9.47. The lowest BCUT2D eigenvalue weighted by Gasteiger charge is -2.11. The number of carbonyl (C=O) groups is 1. The lowest BCUT2D eigenvalue weighted by molar-refractivity contribution is -0.385. The molecule has 0 aliphatic carbocycles. The molecule has 0 atom stereocenters. The van der Waals surface area contributed by atoms with Gasteiger partial charge in [-0.2, -0.15) is 0 Å². The van der Waals surface area contributed by atoms with Gasteiger partial charge in [-0.15, -0.1) is 0 Å². The maximum absolute atomic E-state index is 12.0. The smallest absolute Gasteiger partial charge is 0.286 e. The minimum atomic E-state index is -0.693. The van der Waals surface area contributed by atoms with Gasteiger partial charge in [-0.05, 0) is 18.9 Å². The van der Waals surface area contributed by atoms with Gasteiger partial charge in [0, 0.05) is 6.07 Å². The third-order valence-corrected chi connectivity index (χ3v) is 2.31. The van der Waals surface area contributed by atoms with Crippen molar-refractivity contribution in [3.8, 4) is 5.75 Å². The molecule has 0 heterocycles. The summed E-state index contributed by atoms with van der Waals surface area (Å²) in [5, 5.41) is 11.0. The molecule has 20 heavy (non-hydrogen) atoms. The zero-order chi connectivity index (χ0) is 15.1. The van der Waals surface area contributed by atoms with Gasteiger partial charge >= 0.3 is 0 Å². The van der Waals surface area contributed by atoms with Crippen LogP contribution in [-0.4, -0.2) is 24.0 Å². The molecular formula is C13H18N2O5. The van der Waals surface area contributed by atoms with Gasteiger partial charge in [0.1, 0.15) is 5.75 Å². The summed E-state index contributed by atoms with van der Waals surface area (Å²) >= 11 is 0. The molecule has 0 radical (unpaired) electrons. The van der Waals surface area contributed by atoms with E-state index < -0.39 is 10.8 Å². The fourth-order valence-corrected chi connectivity index (χ4v) is 1.50. The number of hydrogen-bond acceptors (Lipinski definition) is 5. The molecule has 0 aromatic heterocycles. The Balaban J connectivity index is 2.99. The zero-order valence-electron chi connectivity index (χ0n) is 11.7. The molecule has 1 aromatic rings. The summed E-state index contributed by atoms with van der Waals surface area (Å²) in [6.07, 6.45) is 0. The largest absolute Gasteiger partial charge is 0.493 e. The fourth-order valence-electron chi connectivity index (χ4n) is 1.50. The molecule has 1 aromatic carbocycles. The lowest BCUT2D eigenvalue weighted by atomic mass is 10.1. The second-order valence-electron chi connectivity index (χ2n) is 4.48. The van der Waals surface area contributed by atoms with E-state index in [-0.39, 0.29) is 22.9 Å². The van der Waals surface area contributed by atoms with Gasteiger partial charge in [0.2, 0.25) is 0 Å². The number of benzene rings is 1. The van der Waals surface area contributed by atoms with Crippen molar-refractivity contribution in [1.29, 1.82) is 0 Å². The number of nitrogens with zero attached hydrogens (tertiary/aromatic N) is 1. The molecule has 7 nitrogen and oxygen atoms in total. The number of rotatable bonds is 7. The van der Waals surface area contributed by atoms with Crippen molar-refractivity contribution in [3.63, 3.8) is 0 Å². The van der Waals surface area contributed by atoms with Crippen molar-refractivity contribution < 1.29 is 19.3 Å². The second-order valence-corrected chi connectivity index (χ2v) is 4.48. The average molecular weight is 282 g/mol. The SMILES string of the molecule is CCOc1cccc([N+](=O)[O-])c1C(=O)NOCC(C)C. The number of ether oxygens (including phenoxy) is 1. The van der Waals surface area contributed by atoms with E-state index in [2.05, 4.69) is 5.48 Å². The highest BCUT2D eigenvalue weighted by molar-refractivity contribution is 6.00. The van der Waals surface area contributed by atoms with E-state index in [1.165, 1.54) is 18.2 Å². The predicted molar refractivity (Wildman–Crippen MR) is 72.5 cm³/mol. The topological polar surface area (TPSA) is 90.7 Å². The summed E-state index contributed by atoms with van der Waals surface area (Å²) in [5.41, 5.74) is 1.75. The summed E-state index contributed by atoms with van der Waals surface area (Å²) in [6, 6.07) is 4.22. The van der Waals surface area contributed by atoms with Crippen molar-refractivity contribution in [1.82, 2.24) is 5.48 Å². The van der Waals surface area contributed by atoms with E-state index in [4.69, 9.17) is 9.57 Å². The van der Waals surface area contributed by atoms with Crippen LogP contribution in [0.4, 0.5) is 5.69 Å². The molecule has 0 spiro atoms. The summed E-state index contributed by atoms with van der Waals surface area (Å²) in [6.45, 7) is 6.19. The van der Waals surface area contributed by atoms with Crippen LogP contribution >= 0.6 is 0 Å². The van der Waals surface area contributed by atoms with Crippen LogP contribution in [0, 0.1) is 16.0 Å². The highest BCUT2D eigenvalue weighted by atomic mass is 16.7. The molecule has 0 fully saturated rings. The van der Waals surface area contributed by atoms with E-state index in [0.29, 0.717) is 13.2 Å². The Morgan fingerprint density at radius 1 is 1.45 bits per heavy atom. The van der Waals surface area contributed by atoms with Gasteiger partial charge in [0.25, 0.3) is 11.6 Å². The molecule has 1 N–H and O–H groups in total. The van der Waals surface area contributed by atoms with Crippen LogP contribution in [-0.2, 0) is 4.84 Å². The minimum Gasteiger partial charge on any atom is -0.493 e. The Hall–Kier alpha value is -2.15. The Labute approximate surface area is 117 Å². The van der Waals surface area contributed by atoms with Gasteiger partial charge in [-0.1, -0.05) is 19.9 Å². The Kier molecular flexibility index (Phi) is 5.92. The van der Waals surface area contributed by atoms with E-state index in [9.17, 15) is 14.9 Å². The van der Waals surface area contributed by atoms with Crippen LogP contribution in [0.25, 0.3) is 0 Å². The van der Waals surface area contributed by atoms with Crippen LogP contribution in [0.5, 0.6) is 5.75 Å². The molecule has 1 amide bonds. The first-order valence-corrected chi connectivity index (χ1v) is 6.29. The van der Waals surface area contributed by atoms with Crippen molar-refractivity contribution >= 4 is 11.6 Å². The molecule has 0 unspecified atom stereocenters. The normalized spacial score (nSPS) is 10.4. The molecule has 0 aliphatic heterocycles. The molecule has 1 rings (SSSR count). The van der Waals surface area contributed by atoms with Crippen molar-refractivity contribution in [2.75, 3.05) is 13.2 Å². The lowest BCUT2D eigenvalue weighted by Crippen LogP contribution is -2.26. The standard InChI is InChI=1S/C13H18N2O5/c1-4-19-11-7-5-6-10(15(17)18)12(11)13(16)14-20-8-9(2)3/h5-7,9H,4,8H2,1-3H3,(H,14,16). The minimum absolute atomic E-state index is 0.136. The van der Waals surface area contributed by atoms with Crippen molar-refractivity contribution in [2.24, 2.45) is 5.92 Å². The van der Waals surface area contributed by atoms with Gasteiger partial charge in [-0.25, -0.2) is 5.48 Å². The molecule has 0 aliphatic rings. The third-order valence-electron chi connectivity index (χ3n) is 2.31. The first-order valence-electron chi connectivity index (χ1n) is 6.29. The highest BCUT2D eigenvalue weighted by Gasteiger charge is 2.25. The number of nitro benzene ring substituents is 1. The number of hydroxylamine groups is 1. The highest BCUT2D eigenvalue weighted by Crippen LogP contribution is 2.28. The van der Waals surface area contributed by atoms with E-state index in [1.54, 1.807) is 6.92 Å². The Bertz CT molecular complexity index is 488. The van der Waals surface area contributed by atoms with Crippen molar-refractivity contribution in [3.05, 3.63) is 33.9 Å². The molecular weight excluding hydrogens is 264 g/mol. The van der Waals surface area contributed by atoms with Crippen LogP contribution in [0.3, 0.4) is 0 Å². The molecule has 0 saturated heterocycles. The quantitative estimate of drug-likeness (QED) is 0.612. The van der Waals surface area contributed by atoms with Crippen LogP contribution < -0.4 is 10.2 Å². The van der Waals surface area contributed by atoms with E-state index in [0.717, 1.165) is 0 Å². The average Bonchev–Trinajstić information content (AvgIpc) is 2.38. The van der Waals surface area contributed by atoms with Crippen LogP contribution in [0.2, 0.25) is 0 Å². The number of carbonyl (C=O) groups excluding carboxylic acids is 1. The molecule has 0 bridgehead atoms. The monoisotopic (exact) mass is 282 g/mol. The third kappa shape index (κ3) is 4.20. The van der Waals surface area contributed by atoms with Gasteiger partial charge in [-0.3, -0.25) is 19.7 Å². The van der Waals surface area contributed by atoms with Gasteiger partial charge < -0.3 is 4.74 Å². The van der Waals surface area contributed by atoms with Crippen LogP contribution in [0.1, 0.15) is 31.1 Å². The summed E-state index contributed by atoms with van der Waals surface area (Å²) < 4.78 is 5.26. The van der Waals surface area contributed by atoms with E-state index >= 15 is 0 Å². The maximum Gasteiger partial charge on any atom is 0.286 e. The number of hydrogen-bond donors (Lipinski definition) is 1. The second kappa shape index (κ2) is 7.44. The summed E-state index contributed by atoms with van der Waals surface area (Å²) in [4.78, 5) is 27.4. The van der Waals surface area contributed by atoms with Crippen molar-refractivity contribution in [2.45, 2.75) is 20.8 Å². The molecule has 0 saturated carbocycles. The maximum atomic E-state index is 12.0. The molecule has 110 valence electrons. The number of nitro groups is 1. The number of amides is 1. The van der Waals surface area contributed by atoms with E-state index in [1.807, 2.05) is 13.8 Å². The molecule has 7 heteroatoms. The zero-order valence-corrected chi connectivity index (χ0v) is 11.7. The fraction of sp³-hybridized carbons (Fsp3) is 0.462. The first kappa shape index (κ1) is 15.9. The van der Waals surface area contributed by atoms with Gasteiger partial charge in [0.05, 0.1) is 18.1 Å². The summed E-state index contributed by atoms with van der Waals surface area (Å²) in [7, 11) is 0. The summed E-state index contributed by atoms with van der Waals surface area (Å²) in [5.74, 6) is -0.304. The predicted octanol–water partition coefficient (Wildman–Crippen LogP) is 2.31. The number of nitrogens with one attached hydrogen (secondary N) is 1. The Morgan fingerprint density at radius 2 is 2.15 bits per heavy atom. The Morgan fingerprint density at radius 3 is 2.70 bits per heavy atom. The van der Waals surface area contributed by atoms with Crippen LogP contribution in [0.15, 0.2) is 18.2 Å².